The summed E-state index contributed by atoms with van der Waals surface area (Å²) in [5, 5.41) is 7.81. The van der Waals surface area contributed by atoms with Gasteiger partial charge in [0.15, 0.2) is 0 Å². The Bertz CT molecular complexity index is 1640. The van der Waals surface area contributed by atoms with E-state index in [0.29, 0.717) is 53.7 Å². The van der Waals surface area contributed by atoms with Crippen molar-refractivity contribution >= 4 is 32.3 Å². The van der Waals surface area contributed by atoms with Crippen molar-refractivity contribution < 1.29 is 17.5 Å². The molecule has 40 heavy (non-hydrogen) atoms. The van der Waals surface area contributed by atoms with Gasteiger partial charge in [0.05, 0.1) is 10.4 Å². The molecule has 0 radical (unpaired) electrons. The maximum Gasteiger partial charge on any atom is 0.246 e. The molecular formula is C29H33FN6O3S. The van der Waals surface area contributed by atoms with E-state index in [1.165, 1.54) is 0 Å². The SMILES string of the molecule is Cc1cc(NS(=O)(=O)C(C)(C)C)c2ccccc2c1Oc1nccnc1-c1ccnc(N[C@@H]2CNC[C@@H](F)C2)c1. The fourth-order valence-corrected chi connectivity index (χ4v) is 5.33. The van der Waals surface area contributed by atoms with Gasteiger partial charge in [-0.25, -0.2) is 27.8 Å². The second kappa shape index (κ2) is 11.0. The van der Waals surface area contributed by atoms with Gasteiger partial charge >= 0.3 is 0 Å². The van der Waals surface area contributed by atoms with Gasteiger partial charge in [-0.1, -0.05) is 24.3 Å². The van der Waals surface area contributed by atoms with E-state index < -0.39 is 20.9 Å². The molecule has 1 aliphatic heterocycles. The minimum atomic E-state index is -3.64. The number of aromatic nitrogens is 3. The number of sulfonamides is 1. The molecule has 2 atom stereocenters. The molecule has 0 unspecified atom stereocenters. The van der Waals surface area contributed by atoms with E-state index in [1.807, 2.05) is 43.3 Å². The van der Waals surface area contributed by atoms with Crippen molar-refractivity contribution in [3.8, 4) is 22.9 Å². The summed E-state index contributed by atoms with van der Waals surface area (Å²) in [5.74, 6) is 1.44. The van der Waals surface area contributed by atoms with Crippen molar-refractivity contribution in [2.24, 2.45) is 0 Å². The summed E-state index contributed by atoms with van der Waals surface area (Å²) in [4.78, 5) is 13.4. The molecule has 2 aromatic heterocycles. The highest BCUT2D eigenvalue weighted by molar-refractivity contribution is 7.94. The molecule has 1 fully saturated rings. The second-order valence-electron chi connectivity index (χ2n) is 10.9. The Labute approximate surface area is 233 Å². The number of halogens is 1. The van der Waals surface area contributed by atoms with Crippen LogP contribution in [-0.2, 0) is 10.0 Å². The third kappa shape index (κ3) is 5.85. The first-order valence-corrected chi connectivity index (χ1v) is 14.6. The number of rotatable bonds is 7. The quantitative estimate of drug-likeness (QED) is 0.271. The maximum absolute atomic E-state index is 13.9. The molecule has 2 aromatic carbocycles. The number of nitrogens with zero attached hydrogens (tertiary/aromatic N) is 3. The summed E-state index contributed by atoms with van der Waals surface area (Å²) in [7, 11) is -3.64. The Morgan fingerprint density at radius 2 is 1.75 bits per heavy atom. The van der Waals surface area contributed by atoms with E-state index in [-0.39, 0.29) is 6.04 Å². The number of fused-ring (bicyclic) bond motifs is 1. The van der Waals surface area contributed by atoms with Crippen LogP contribution in [0, 0.1) is 6.92 Å². The van der Waals surface area contributed by atoms with Gasteiger partial charge in [0.1, 0.15) is 23.4 Å². The molecule has 0 bridgehead atoms. The molecule has 3 N–H and O–H groups in total. The third-order valence-corrected chi connectivity index (χ3v) is 8.88. The molecule has 0 saturated carbocycles. The summed E-state index contributed by atoms with van der Waals surface area (Å²) in [6.45, 7) is 7.84. The molecule has 5 rings (SSSR count). The van der Waals surface area contributed by atoms with Crippen LogP contribution in [-0.4, -0.2) is 53.4 Å². The first-order valence-electron chi connectivity index (χ1n) is 13.1. The van der Waals surface area contributed by atoms with Crippen LogP contribution in [0.15, 0.2) is 61.1 Å². The van der Waals surface area contributed by atoms with Gasteiger partial charge in [-0.2, -0.15) is 0 Å². The normalized spacial score (nSPS) is 17.9. The summed E-state index contributed by atoms with van der Waals surface area (Å²) in [6, 6.07) is 12.8. The predicted octanol–water partition coefficient (Wildman–Crippen LogP) is 5.44. The standard InChI is InChI=1S/C29H33FN6O3S/c1-18-13-24(36-40(37,38)29(2,3)4)22-7-5-6-8-23(22)27(18)39-28-26(33-11-12-34-28)19-9-10-32-25(14-19)35-21-15-20(30)16-31-17-21/h5-14,20-21,31,36H,15-17H2,1-4H3,(H,32,35)/t20-,21-/m0/s1. The minimum Gasteiger partial charge on any atom is -0.436 e. The number of pyridine rings is 1. The van der Waals surface area contributed by atoms with Crippen molar-refractivity contribution in [2.75, 3.05) is 23.1 Å². The smallest absolute Gasteiger partial charge is 0.246 e. The van der Waals surface area contributed by atoms with E-state index in [2.05, 4.69) is 30.3 Å². The number of aryl methyl sites for hydroxylation is 1. The molecule has 0 aliphatic carbocycles. The molecule has 11 heteroatoms. The van der Waals surface area contributed by atoms with Crippen molar-refractivity contribution in [1.29, 1.82) is 0 Å². The van der Waals surface area contributed by atoms with Crippen LogP contribution in [0.5, 0.6) is 11.6 Å². The number of benzene rings is 2. The highest BCUT2D eigenvalue weighted by Crippen LogP contribution is 2.40. The number of anilines is 2. The zero-order chi connectivity index (χ0) is 28.5. The lowest BCUT2D eigenvalue weighted by molar-refractivity contribution is 0.255. The van der Waals surface area contributed by atoms with Crippen LogP contribution in [0.4, 0.5) is 15.9 Å². The molecule has 0 spiro atoms. The molecule has 210 valence electrons. The fourth-order valence-electron chi connectivity index (χ4n) is 4.57. The van der Waals surface area contributed by atoms with Gasteiger partial charge in [0, 0.05) is 60.5 Å². The number of hydrogen-bond acceptors (Lipinski definition) is 8. The zero-order valence-electron chi connectivity index (χ0n) is 22.9. The molecule has 1 saturated heterocycles. The predicted molar refractivity (Wildman–Crippen MR) is 156 cm³/mol. The average molecular weight is 565 g/mol. The Balaban J connectivity index is 1.49. The maximum atomic E-state index is 13.9. The Morgan fingerprint density at radius 3 is 2.50 bits per heavy atom. The van der Waals surface area contributed by atoms with E-state index in [4.69, 9.17) is 4.74 Å². The molecular weight excluding hydrogens is 531 g/mol. The summed E-state index contributed by atoms with van der Waals surface area (Å²) >= 11 is 0. The van der Waals surface area contributed by atoms with E-state index in [9.17, 15) is 12.8 Å². The van der Waals surface area contributed by atoms with Gasteiger partial charge < -0.3 is 15.4 Å². The van der Waals surface area contributed by atoms with Crippen LogP contribution in [0.2, 0.25) is 0 Å². The van der Waals surface area contributed by atoms with Crippen molar-refractivity contribution in [3.05, 3.63) is 66.6 Å². The molecule has 1 aliphatic rings. The van der Waals surface area contributed by atoms with Crippen LogP contribution < -0.4 is 20.1 Å². The van der Waals surface area contributed by atoms with Crippen molar-refractivity contribution in [1.82, 2.24) is 20.3 Å². The average Bonchev–Trinajstić information content (AvgIpc) is 2.90. The Morgan fingerprint density at radius 1 is 1.00 bits per heavy atom. The van der Waals surface area contributed by atoms with E-state index >= 15 is 0 Å². The van der Waals surface area contributed by atoms with E-state index in [1.54, 1.807) is 45.4 Å². The third-order valence-electron chi connectivity index (χ3n) is 6.78. The highest BCUT2D eigenvalue weighted by Gasteiger charge is 2.30. The lowest BCUT2D eigenvalue weighted by Gasteiger charge is -2.26. The largest absolute Gasteiger partial charge is 0.436 e. The number of nitrogens with one attached hydrogen (secondary N) is 3. The zero-order valence-corrected chi connectivity index (χ0v) is 23.7. The lowest BCUT2D eigenvalue weighted by Crippen LogP contribution is -2.44. The first-order chi connectivity index (χ1) is 19.0. The Kier molecular flexibility index (Phi) is 7.61. The van der Waals surface area contributed by atoms with Crippen LogP contribution in [0.25, 0.3) is 22.0 Å². The monoisotopic (exact) mass is 564 g/mol. The van der Waals surface area contributed by atoms with Crippen molar-refractivity contribution in [3.63, 3.8) is 0 Å². The fraction of sp³-hybridized carbons (Fsp3) is 0.345. The van der Waals surface area contributed by atoms with Crippen LogP contribution in [0.1, 0.15) is 32.8 Å². The topological polar surface area (TPSA) is 118 Å². The number of ether oxygens (including phenoxy) is 1. The molecule has 9 nitrogen and oxygen atoms in total. The van der Waals surface area contributed by atoms with Crippen LogP contribution in [0.3, 0.4) is 0 Å². The molecule has 4 aromatic rings. The van der Waals surface area contributed by atoms with Crippen molar-refractivity contribution in [2.45, 2.75) is 51.1 Å². The second-order valence-corrected chi connectivity index (χ2v) is 13.3. The van der Waals surface area contributed by atoms with Gasteiger partial charge in [0.2, 0.25) is 15.9 Å². The van der Waals surface area contributed by atoms with Gasteiger partial charge in [-0.05, 0) is 51.5 Å². The first kappa shape index (κ1) is 27.7. The minimum absolute atomic E-state index is 0.0766. The number of alkyl halides is 1. The Hall–Kier alpha value is -3.83. The molecule has 0 amide bonds. The number of piperidine rings is 1. The summed E-state index contributed by atoms with van der Waals surface area (Å²) < 4.78 is 47.9. The number of hydrogen-bond donors (Lipinski definition) is 3. The van der Waals surface area contributed by atoms with E-state index in [0.717, 1.165) is 16.5 Å². The van der Waals surface area contributed by atoms with Gasteiger partial charge in [0.25, 0.3) is 0 Å². The van der Waals surface area contributed by atoms with Gasteiger partial charge in [-0.3, -0.25) is 4.72 Å². The summed E-state index contributed by atoms with van der Waals surface area (Å²) in [5.41, 5.74) is 2.45. The molecule has 3 heterocycles. The summed E-state index contributed by atoms with van der Waals surface area (Å²) in [6.07, 6.45) is 4.31. The lowest BCUT2D eigenvalue weighted by atomic mass is 10.0. The van der Waals surface area contributed by atoms with Crippen LogP contribution >= 0.6 is 0 Å². The van der Waals surface area contributed by atoms with Gasteiger partial charge in [-0.15, -0.1) is 0 Å². The highest BCUT2D eigenvalue weighted by atomic mass is 32.2.